The first kappa shape index (κ1) is 24.2. The molecule has 8 nitrogen and oxygen atoms in total. The van der Waals surface area contributed by atoms with E-state index in [1.54, 1.807) is 7.11 Å². The van der Waals surface area contributed by atoms with Crippen molar-refractivity contribution in [2.75, 3.05) is 19.0 Å². The van der Waals surface area contributed by atoms with Gasteiger partial charge in [-0.25, -0.2) is 9.59 Å². The van der Waals surface area contributed by atoms with Crippen LogP contribution in [0.2, 0.25) is 0 Å². The molecule has 0 radical (unpaired) electrons. The summed E-state index contributed by atoms with van der Waals surface area (Å²) in [6.07, 6.45) is 3.08. The van der Waals surface area contributed by atoms with Crippen LogP contribution in [0, 0.1) is 6.92 Å². The minimum atomic E-state index is -0.467. The Bertz CT molecular complexity index is 889. The number of cyclic esters (lactones) is 1. The number of hydrogen-bond acceptors (Lipinski definition) is 6. The standard InChI is InChI=1S/C23H32N2O6/c1-7-24-23(28)25-20-16(10-8-14(4)9-11-18(26)31-13(2)3)21(29-6)15(5)17-12-30-22(27)19(17)20/h8,13H,7,9-12H2,1-6H3,(H2,24,25,28). The minimum absolute atomic E-state index is 0.141. The van der Waals surface area contributed by atoms with Gasteiger partial charge in [0.15, 0.2) is 0 Å². The van der Waals surface area contributed by atoms with Crippen molar-refractivity contribution in [2.24, 2.45) is 0 Å². The van der Waals surface area contributed by atoms with Gasteiger partial charge >= 0.3 is 18.0 Å². The third-order valence-electron chi connectivity index (χ3n) is 5.00. The van der Waals surface area contributed by atoms with E-state index in [4.69, 9.17) is 14.2 Å². The Morgan fingerprint density at radius 3 is 2.58 bits per heavy atom. The van der Waals surface area contributed by atoms with Gasteiger partial charge in [-0.2, -0.15) is 0 Å². The summed E-state index contributed by atoms with van der Waals surface area (Å²) in [5.74, 6) is -0.104. The minimum Gasteiger partial charge on any atom is -0.496 e. The van der Waals surface area contributed by atoms with Crippen molar-refractivity contribution in [3.05, 3.63) is 33.9 Å². The lowest BCUT2D eigenvalue weighted by atomic mass is 9.93. The van der Waals surface area contributed by atoms with Crippen LogP contribution in [0.15, 0.2) is 11.6 Å². The number of methoxy groups -OCH3 is 1. The van der Waals surface area contributed by atoms with Crippen molar-refractivity contribution in [3.63, 3.8) is 0 Å². The van der Waals surface area contributed by atoms with Crippen LogP contribution in [0.3, 0.4) is 0 Å². The maximum absolute atomic E-state index is 12.4. The van der Waals surface area contributed by atoms with Gasteiger partial charge < -0.3 is 24.8 Å². The first-order valence-corrected chi connectivity index (χ1v) is 10.5. The molecule has 2 amide bonds. The first-order chi connectivity index (χ1) is 14.7. The number of carbonyl (C=O) groups excluding carboxylic acids is 3. The zero-order chi connectivity index (χ0) is 23.1. The van der Waals surface area contributed by atoms with E-state index in [0.717, 1.165) is 16.7 Å². The van der Waals surface area contributed by atoms with Gasteiger partial charge in [0.05, 0.1) is 24.5 Å². The number of carbonyl (C=O) groups is 3. The average molecular weight is 433 g/mol. The molecule has 0 aliphatic carbocycles. The van der Waals surface area contributed by atoms with Crippen LogP contribution in [0.5, 0.6) is 5.75 Å². The largest absolute Gasteiger partial charge is 0.496 e. The summed E-state index contributed by atoms with van der Waals surface area (Å²) in [6, 6.07) is -0.409. The number of urea groups is 1. The number of rotatable bonds is 9. The maximum Gasteiger partial charge on any atom is 0.341 e. The first-order valence-electron chi connectivity index (χ1n) is 10.5. The zero-order valence-corrected chi connectivity index (χ0v) is 19.1. The molecule has 0 bridgehead atoms. The highest BCUT2D eigenvalue weighted by atomic mass is 16.5. The second-order valence-corrected chi connectivity index (χ2v) is 7.72. The lowest BCUT2D eigenvalue weighted by Gasteiger charge is -2.20. The van der Waals surface area contributed by atoms with Crippen LogP contribution in [-0.2, 0) is 27.3 Å². The van der Waals surface area contributed by atoms with Crippen molar-refractivity contribution < 1.29 is 28.6 Å². The number of benzene rings is 1. The molecule has 0 aromatic heterocycles. The van der Waals surface area contributed by atoms with Crippen LogP contribution < -0.4 is 15.4 Å². The molecule has 1 aromatic rings. The maximum atomic E-state index is 12.4. The molecule has 2 N–H and O–H groups in total. The summed E-state index contributed by atoms with van der Waals surface area (Å²) in [5, 5.41) is 5.49. The molecule has 1 aliphatic rings. The van der Waals surface area contributed by atoms with Gasteiger partial charge in [-0.3, -0.25) is 4.79 Å². The van der Waals surface area contributed by atoms with Crippen LogP contribution >= 0.6 is 0 Å². The van der Waals surface area contributed by atoms with Gasteiger partial charge in [0.1, 0.15) is 12.4 Å². The van der Waals surface area contributed by atoms with E-state index in [1.807, 2.05) is 40.7 Å². The zero-order valence-electron chi connectivity index (χ0n) is 19.1. The molecule has 0 spiro atoms. The Kier molecular flexibility index (Phi) is 8.47. The molecule has 0 fully saturated rings. The number of allylic oxidation sites excluding steroid dienone is 2. The molecule has 170 valence electrons. The smallest absolute Gasteiger partial charge is 0.341 e. The van der Waals surface area contributed by atoms with Gasteiger partial charge in [-0.1, -0.05) is 11.6 Å². The van der Waals surface area contributed by atoms with E-state index in [-0.39, 0.29) is 25.1 Å². The van der Waals surface area contributed by atoms with E-state index in [2.05, 4.69) is 10.6 Å². The van der Waals surface area contributed by atoms with E-state index < -0.39 is 12.0 Å². The Labute approximate surface area is 183 Å². The quantitative estimate of drug-likeness (QED) is 0.451. The van der Waals surface area contributed by atoms with Crippen molar-refractivity contribution >= 4 is 23.7 Å². The Morgan fingerprint density at radius 2 is 1.97 bits per heavy atom. The monoisotopic (exact) mass is 432 g/mol. The normalized spacial score (nSPS) is 13.0. The van der Waals surface area contributed by atoms with Gasteiger partial charge in [0, 0.05) is 24.1 Å². The average Bonchev–Trinajstić information content (AvgIpc) is 3.08. The highest BCUT2D eigenvalue weighted by molar-refractivity contribution is 6.05. The summed E-state index contributed by atoms with van der Waals surface area (Å²) in [4.78, 5) is 36.5. The fraction of sp³-hybridized carbons (Fsp3) is 0.522. The lowest BCUT2D eigenvalue weighted by Crippen LogP contribution is -2.29. The van der Waals surface area contributed by atoms with Crippen molar-refractivity contribution in [1.82, 2.24) is 5.32 Å². The number of esters is 2. The van der Waals surface area contributed by atoms with Gasteiger partial charge in [-0.05, 0) is 53.0 Å². The molecular weight excluding hydrogens is 400 g/mol. The molecule has 1 aliphatic heterocycles. The highest BCUT2D eigenvalue weighted by Gasteiger charge is 2.32. The Morgan fingerprint density at radius 1 is 1.26 bits per heavy atom. The fourth-order valence-electron chi connectivity index (χ4n) is 3.51. The van der Waals surface area contributed by atoms with E-state index in [0.29, 0.717) is 42.0 Å². The summed E-state index contributed by atoms with van der Waals surface area (Å²) in [7, 11) is 1.56. The summed E-state index contributed by atoms with van der Waals surface area (Å²) < 4.78 is 16.1. The predicted octanol–water partition coefficient (Wildman–Crippen LogP) is 4.04. The molecular formula is C23H32N2O6. The predicted molar refractivity (Wildman–Crippen MR) is 117 cm³/mol. The summed E-state index contributed by atoms with van der Waals surface area (Å²) in [5.41, 5.74) is 3.97. The lowest BCUT2D eigenvalue weighted by molar-refractivity contribution is -0.147. The van der Waals surface area contributed by atoms with Crippen LogP contribution in [0.4, 0.5) is 10.5 Å². The van der Waals surface area contributed by atoms with E-state index in [1.165, 1.54) is 0 Å². The van der Waals surface area contributed by atoms with Crippen LogP contribution in [-0.4, -0.2) is 37.7 Å². The number of nitrogens with one attached hydrogen (secondary N) is 2. The second-order valence-electron chi connectivity index (χ2n) is 7.72. The Hall–Kier alpha value is -3.03. The molecule has 0 saturated carbocycles. The highest BCUT2D eigenvalue weighted by Crippen LogP contribution is 2.41. The SMILES string of the molecule is CCNC(=O)Nc1c(CC=C(C)CCC(=O)OC(C)C)c(OC)c(C)c2c1C(=O)OC2. The van der Waals surface area contributed by atoms with Gasteiger partial charge in [0.25, 0.3) is 0 Å². The Balaban J connectivity index is 2.37. The summed E-state index contributed by atoms with van der Waals surface area (Å²) >= 11 is 0. The third-order valence-corrected chi connectivity index (χ3v) is 5.00. The third kappa shape index (κ3) is 5.99. The molecule has 1 heterocycles. The number of amides is 2. The van der Waals surface area contributed by atoms with Crippen molar-refractivity contribution in [3.8, 4) is 5.75 Å². The van der Waals surface area contributed by atoms with Crippen molar-refractivity contribution in [1.29, 1.82) is 0 Å². The topological polar surface area (TPSA) is 103 Å². The van der Waals surface area contributed by atoms with Gasteiger partial charge in [-0.15, -0.1) is 0 Å². The molecule has 0 unspecified atom stereocenters. The number of hydrogen-bond donors (Lipinski definition) is 2. The van der Waals surface area contributed by atoms with Crippen LogP contribution in [0.25, 0.3) is 0 Å². The number of ether oxygens (including phenoxy) is 3. The number of fused-ring (bicyclic) bond motifs is 1. The van der Waals surface area contributed by atoms with Crippen LogP contribution in [0.1, 0.15) is 67.6 Å². The fourth-order valence-corrected chi connectivity index (χ4v) is 3.51. The van der Waals surface area contributed by atoms with E-state index in [9.17, 15) is 14.4 Å². The van der Waals surface area contributed by atoms with Crippen molar-refractivity contribution in [2.45, 2.75) is 66.6 Å². The van der Waals surface area contributed by atoms with E-state index >= 15 is 0 Å². The molecule has 2 rings (SSSR count). The molecule has 31 heavy (non-hydrogen) atoms. The molecule has 0 saturated heterocycles. The molecule has 0 atom stereocenters. The molecule has 1 aromatic carbocycles. The molecule has 8 heteroatoms. The number of anilines is 1. The summed E-state index contributed by atoms with van der Waals surface area (Å²) in [6.45, 7) is 9.84. The van der Waals surface area contributed by atoms with Gasteiger partial charge in [0.2, 0.25) is 0 Å². The second kappa shape index (κ2) is 10.8.